The number of ether oxygens (including phenoxy) is 2. The molecular weight excluding hydrogens is 420 g/mol. The SMILES string of the molecule is C=CC(=O)N1CCC(Oc2cc3c(Nc4ccc5[nH]ncc5c4)ncnc3cc2OC)CC1. The molecule has 2 aromatic carbocycles. The molecule has 1 fully saturated rings. The lowest BCUT2D eigenvalue weighted by Gasteiger charge is -2.31. The molecule has 1 saturated heterocycles. The highest BCUT2D eigenvalue weighted by Crippen LogP contribution is 2.36. The summed E-state index contributed by atoms with van der Waals surface area (Å²) in [6.07, 6.45) is 6.11. The van der Waals surface area contributed by atoms with Crippen molar-refractivity contribution < 1.29 is 14.3 Å². The van der Waals surface area contributed by atoms with Crippen molar-refractivity contribution in [1.82, 2.24) is 25.1 Å². The molecule has 0 unspecified atom stereocenters. The van der Waals surface area contributed by atoms with Gasteiger partial charge in [-0.1, -0.05) is 6.58 Å². The van der Waals surface area contributed by atoms with Crippen LogP contribution in [0.15, 0.2) is 55.5 Å². The van der Waals surface area contributed by atoms with Crippen molar-refractivity contribution >= 4 is 39.2 Å². The second kappa shape index (κ2) is 8.78. The number of rotatable bonds is 6. The van der Waals surface area contributed by atoms with Crippen LogP contribution >= 0.6 is 0 Å². The van der Waals surface area contributed by atoms with Crippen LogP contribution in [0.25, 0.3) is 21.8 Å². The number of methoxy groups -OCH3 is 1. The van der Waals surface area contributed by atoms with Crippen molar-refractivity contribution in [3.63, 3.8) is 0 Å². The van der Waals surface area contributed by atoms with E-state index < -0.39 is 0 Å². The van der Waals surface area contributed by atoms with E-state index in [4.69, 9.17) is 9.47 Å². The van der Waals surface area contributed by atoms with Crippen LogP contribution in [0.3, 0.4) is 0 Å². The van der Waals surface area contributed by atoms with E-state index in [0.717, 1.165) is 40.3 Å². The summed E-state index contributed by atoms with van der Waals surface area (Å²) in [7, 11) is 1.61. The molecule has 1 amide bonds. The van der Waals surface area contributed by atoms with Gasteiger partial charge in [-0.25, -0.2) is 9.97 Å². The van der Waals surface area contributed by atoms with Crippen LogP contribution in [0.5, 0.6) is 11.5 Å². The number of anilines is 2. The van der Waals surface area contributed by atoms with Crippen molar-refractivity contribution in [2.75, 3.05) is 25.5 Å². The summed E-state index contributed by atoms with van der Waals surface area (Å²) < 4.78 is 11.9. The number of H-pyrrole nitrogens is 1. The normalized spacial score (nSPS) is 14.4. The maximum absolute atomic E-state index is 11.8. The third kappa shape index (κ3) is 4.17. The van der Waals surface area contributed by atoms with E-state index in [-0.39, 0.29) is 12.0 Å². The van der Waals surface area contributed by atoms with E-state index in [0.29, 0.717) is 30.4 Å². The van der Waals surface area contributed by atoms with Crippen LogP contribution in [0.1, 0.15) is 12.8 Å². The second-order valence-electron chi connectivity index (χ2n) is 7.89. The first kappa shape index (κ1) is 20.7. The maximum Gasteiger partial charge on any atom is 0.245 e. The minimum atomic E-state index is -0.0433. The Balaban J connectivity index is 1.42. The number of carbonyl (C=O) groups is 1. The summed E-state index contributed by atoms with van der Waals surface area (Å²) in [6, 6.07) is 9.70. The van der Waals surface area contributed by atoms with Crippen LogP contribution < -0.4 is 14.8 Å². The molecule has 0 spiro atoms. The van der Waals surface area contributed by atoms with Crippen molar-refractivity contribution in [3.05, 3.63) is 55.5 Å². The maximum atomic E-state index is 11.8. The summed E-state index contributed by atoms with van der Waals surface area (Å²) in [4.78, 5) is 22.5. The second-order valence-corrected chi connectivity index (χ2v) is 7.89. The van der Waals surface area contributed by atoms with Crippen molar-refractivity contribution in [2.45, 2.75) is 18.9 Å². The number of hydrogen-bond acceptors (Lipinski definition) is 7. The number of amides is 1. The van der Waals surface area contributed by atoms with E-state index in [1.807, 2.05) is 30.3 Å². The summed E-state index contributed by atoms with van der Waals surface area (Å²) >= 11 is 0. The molecule has 4 aromatic rings. The highest BCUT2D eigenvalue weighted by atomic mass is 16.5. The van der Waals surface area contributed by atoms with Gasteiger partial charge >= 0.3 is 0 Å². The Labute approximate surface area is 190 Å². The molecule has 33 heavy (non-hydrogen) atoms. The van der Waals surface area contributed by atoms with Gasteiger partial charge in [0.05, 0.1) is 24.3 Å². The molecule has 168 valence electrons. The minimum Gasteiger partial charge on any atom is -0.493 e. The number of aromatic amines is 1. The van der Waals surface area contributed by atoms with Crippen LogP contribution in [-0.4, -0.2) is 57.3 Å². The van der Waals surface area contributed by atoms with Gasteiger partial charge in [0.1, 0.15) is 18.2 Å². The third-order valence-electron chi connectivity index (χ3n) is 5.85. The van der Waals surface area contributed by atoms with E-state index in [9.17, 15) is 4.79 Å². The summed E-state index contributed by atoms with van der Waals surface area (Å²) in [5.41, 5.74) is 2.60. The van der Waals surface area contributed by atoms with E-state index in [2.05, 4.69) is 32.1 Å². The molecule has 0 saturated carbocycles. The lowest BCUT2D eigenvalue weighted by molar-refractivity contribution is -0.127. The molecule has 9 nitrogen and oxygen atoms in total. The monoisotopic (exact) mass is 444 g/mol. The Morgan fingerprint density at radius 1 is 1.21 bits per heavy atom. The van der Waals surface area contributed by atoms with Gasteiger partial charge in [-0.05, 0) is 30.3 Å². The largest absolute Gasteiger partial charge is 0.493 e. The highest BCUT2D eigenvalue weighted by Gasteiger charge is 2.24. The fourth-order valence-corrected chi connectivity index (χ4v) is 4.08. The number of benzene rings is 2. The first-order valence-corrected chi connectivity index (χ1v) is 10.8. The third-order valence-corrected chi connectivity index (χ3v) is 5.85. The fraction of sp³-hybridized carbons (Fsp3) is 0.250. The average Bonchev–Trinajstić information content (AvgIpc) is 3.32. The number of aromatic nitrogens is 4. The van der Waals surface area contributed by atoms with Gasteiger partial charge in [0.2, 0.25) is 5.91 Å². The predicted molar refractivity (Wildman–Crippen MR) is 126 cm³/mol. The molecule has 2 N–H and O–H groups in total. The number of carbonyl (C=O) groups excluding carboxylic acids is 1. The molecule has 1 aliphatic rings. The summed E-state index contributed by atoms with van der Waals surface area (Å²) in [6.45, 7) is 4.84. The zero-order chi connectivity index (χ0) is 22.8. The molecule has 2 aromatic heterocycles. The standard InChI is InChI=1S/C24H24N6O3/c1-3-23(31)30-8-6-17(7-9-30)33-22-11-18-20(12-21(22)32-2)25-14-26-24(18)28-16-4-5-19-15(10-16)13-27-29-19/h3-5,10-14,17H,1,6-9H2,2H3,(H,27,29)(H,25,26,28). The van der Waals surface area contributed by atoms with Gasteiger partial charge in [0, 0.05) is 48.5 Å². The number of nitrogens with one attached hydrogen (secondary N) is 2. The average molecular weight is 444 g/mol. The molecular formula is C24H24N6O3. The van der Waals surface area contributed by atoms with Gasteiger partial charge in [-0.2, -0.15) is 5.10 Å². The lowest BCUT2D eigenvalue weighted by Crippen LogP contribution is -2.41. The lowest BCUT2D eigenvalue weighted by atomic mass is 10.1. The van der Waals surface area contributed by atoms with E-state index >= 15 is 0 Å². The van der Waals surface area contributed by atoms with Crippen LogP contribution in [0, 0.1) is 0 Å². The molecule has 5 rings (SSSR count). The van der Waals surface area contributed by atoms with Crippen molar-refractivity contribution in [2.24, 2.45) is 0 Å². The number of fused-ring (bicyclic) bond motifs is 2. The van der Waals surface area contributed by atoms with Gasteiger partial charge in [-0.3, -0.25) is 9.89 Å². The van der Waals surface area contributed by atoms with Gasteiger partial charge < -0.3 is 19.7 Å². The Kier molecular flexibility index (Phi) is 5.52. The Morgan fingerprint density at radius 2 is 2.06 bits per heavy atom. The zero-order valence-electron chi connectivity index (χ0n) is 18.2. The highest BCUT2D eigenvalue weighted by molar-refractivity contribution is 5.94. The predicted octanol–water partition coefficient (Wildman–Crippen LogP) is 3.81. The Bertz CT molecular complexity index is 1330. The van der Waals surface area contributed by atoms with Gasteiger partial charge in [-0.15, -0.1) is 0 Å². The van der Waals surface area contributed by atoms with E-state index in [1.165, 1.54) is 12.4 Å². The fourth-order valence-electron chi connectivity index (χ4n) is 4.08. The zero-order valence-corrected chi connectivity index (χ0v) is 18.2. The Hall–Kier alpha value is -4.14. The molecule has 0 aliphatic carbocycles. The van der Waals surface area contributed by atoms with Gasteiger partial charge in [0.25, 0.3) is 0 Å². The Morgan fingerprint density at radius 3 is 2.85 bits per heavy atom. The smallest absolute Gasteiger partial charge is 0.245 e. The molecule has 1 aliphatic heterocycles. The number of nitrogens with zero attached hydrogens (tertiary/aromatic N) is 4. The molecule has 9 heteroatoms. The molecule has 0 bridgehead atoms. The summed E-state index contributed by atoms with van der Waals surface area (Å²) in [5.74, 6) is 1.86. The molecule has 3 heterocycles. The molecule has 0 radical (unpaired) electrons. The van der Waals surface area contributed by atoms with Crippen molar-refractivity contribution in [1.29, 1.82) is 0 Å². The minimum absolute atomic E-state index is 0.0187. The number of piperidine rings is 1. The first-order chi connectivity index (χ1) is 16.1. The van der Waals surface area contributed by atoms with Crippen LogP contribution in [0.4, 0.5) is 11.5 Å². The summed E-state index contributed by atoms with van der Waals surface area (Å²) in [5, 5.41) is 12.2. The van der Waals surface area contributed by atoms with Gasteiger partial charge in [0.15, 0.2) is 11.5 Å². The quantitative estimate of drug-likeness (QED) is 0.436. The van der Waals surface area contributed by atoms with E-state index in [1.54, 1.807) is 18.2 Å². The first-order valence-electron chi connectivity index (χ1n) is 10.8. The van der Waals surface area contributed by atoms with Crippen LogP contribution in [0.2, 0.25) is 0 Å². The van der Waals surface area contributed by atoms with Crippen LogP contribution in [-0.2, 0) is 4.79 Å². The molecule has 0 atom stereocenters. The number of likely N-dealkylation sites (tertiary alicyclic amines) is 1. The number of hydrogen-bond donors (Lipinski definition) is 2. The topological polar surface area (TPSA) is 105 Å². The van der Waals surface area contributed by atoms with Crippen molar-refractivity contribution in [3.8, 4) is 11.5 Å².